The highest BCUT2D eigenvalue weighted by atomic mass is 16.5. The third-order valence-electron chi connectivity index (χ3n) is 5.40. The fraction of sp³-hybridized carbons (Fsp3) is 0.333. The molecule has 0 radical (unpaired) electrons. The van der Waals surface area contributed by atoms with Crippen molar-refractivity contribution in [2.24, 2.45) is 0 Å². The summed E-state index contributed by atoms with van der Waals surface area (Å²) in [6.45, 7) is 4.80. The number of ether oxygens (including phenoxy) is 1. The van der Waals surface area contributed by atoms with Gasteiger partial charge in [0.15, 0.2) is 17.1 Å². The topological polar surface area (TPSA) is 58.6 Å². The molecule has 2 aromatic rings. The van der Waals surface area contributed by atoms with Crippen molar-refractivity contribution in [3.8, 4) is 5.75 Å². The van der Waals surface area contributed by atoms with E-state index < -0.39 is 5.54 Å². The number of benzene rings is 2. The molecule has 1 aliphatic heterocycles. The number of fused-ring (bicyclic) bond motifs is 1. The summed E-state index contributed by atoms with van der Waals surface area (Å²) in [4.78, 5) is 29.3. The average molecular weight is 350 g/mol. The maximum atomic E-state index is 13.7. The third-order valence-corrected chi connectivity index (χ3v) is 5.40. The van der Waals surface area contributed by atoms with Crippen LogP contribution in [0.25, 0.3) is 0 Å². The van der Waals surface area contributed by atoms with Gasteiger partial charge >= 0.3 is 0 Å². The van der Waals surface area contributed by atoms with Crippen molar-refractivity contribution < 1.29 is 14.3 Å². The number of methoxy groups -OCH3 is 1. The molecular formula is C21H22N2O3. The van der Waals surface area contributed by atoms with Crippen LogP contribution in [0.15, 0.2) is 42.5 Å². The first kappa shape index (κ1) is 16.9. The summed E-state index contributed by atoms with van der Waals surface area (Å²) < 4.78 is 5.27. The fourth-order valence-corrected chi connectivity index (χ4v) is 4.13. The van der Waals surface area contributed by atoms with Crippen LogP contribution >= 0.6 is 0 Å². The summed E-state index contributed by atoms with van der Waals surface area (Å²) in [5, 5.41) is 3.30. The molecule has 4 rings (SSSR count). The zero-order valence-electron chi connectivity index (χ0n) is 15.0. The van der Waals surface area contributed by atoms with Crippen molar-refractivity contribution in [3.05, 3.63) is 64.7 Å². The van der Waals surface area contributed by atoms with E-state index in [9.17, 15) is 9.59 Å². The molecule has 2 aliphatic rings. The van der Waals surface area contributed by atoms with Gasteiger partial charge in [0.05, 0.1) is 7.11 Å². The normalized spacial score (nSPS) is 23.2. The highest BCUT2D eigenvalue weighted by Crippen LogP contribution is 2.43. The fourth-order valence-electron chi connectivity index (χ4n) is 4.13. The molecule has 1 N–H and O–H groups in total. The van der Waals surface area contributed by atoms with Crippen molar-refractivity contribution in [3.63, 3.8) is 0 Å². The number of hydrogen-bond donors (Lipinski definition) is 1. The molecule has 0 spiro atoms. The molecule has 1 saturated heterocycles. The van der Waals surface area contributed by atoms with Crippen molar-refractivity contribution in [2.75, 3.05) is 33.3 Å². The molecule has 26 heavy (non-hydrogen) atoms. The van der Waals surface area contributed by atoms with Gasteiger partial charge in [-0.15, -0.1) is 0 Å². The Labute approximate surface area is 153 Å². The van der Waals surface area contributed by atoms with Crippen LogP contribution in [0.4, 0.5) is 0 Å². The van der Waals surface area contributed by atoms with E-state index in [4.69, 9.17) is 4.74 Å². The Kier molecular flexibility index (Phi) is 4.13. The van der Waals surface area contributed by atoms with E-state index in [0.29, 0.717) is 30.0 Å². The van der Waals surface area contributed by atoms with E-state index in [0.717, 1.165) is 24.2 Å². The standard InChI is InChI=1S/C21H22N2O3/c1-14-4-3-5-15(12-14)21(23-10-8-22-9-11-23)19(24)17-7-6-16(26-2)13-18(17)20(21)25/h3-7,12-13,22H,8-11H2,1-2H3. The number of aryl methyl sites for hydroxylation is 1. The molecule has 0 amide bonds. The van der Waals surface area contributed by atoms with Crippen molar-refractivity contribution in [1.82, 2.24) is 10.2 Å². The molecule has 0 bridgehead atoms. The minimum atomic E-state index is -1.27. The summed E-state index contributed by atoms with van der Waals surface area (Å²) in [5.41, 5.74) is 1.45. The van der Waals surface area contributed by atoms with Gasteiger partial charge < -0.3 is 10.1 Å². The maximum Gasteiger partial charge on any atom is 0.196 e. The summed E-state index contributed by atoms with van der Waals surface area (Å²) in [6, 6.07) is 12.9. The van der Waals surface area contributed by atoms with Gasteiger partial charge in [0, 0.05) is 37.3 Å². The average Bonchev–Trinajstić information content (AvgIpc) is 2.90. The number of nitrogens with one attached hydrogen (secondary N) is 1. The number of ketones is 2. The highest BCUT2D eigenvalue weighted by Gasteiger charge is 2.58. The zero-order chi connectivity index (χ0) is 18.3. The Bertz CT molecular complexity index is 887. The van der Waals surface area contributed by atoms with E-state index in [2.05, 4.69) is 5.32 Å². The van der Waals surface area contributed by atoms with Crippen LogP contribution < -0.4 is 10.1 Å². The maximum absolute atomic E-state index is 13.7. The number of Topliss-reactive ketones (excluding diaryl/α,β-unsaturated/α-hetero) is 2. The molecule has 1 fully saturated rings. The predicted molar refractivity (Wildman–Crippen MR) is 99.0 cm³/mol. The molecule has 2 aromatic carbocycles. The van der Waals surface area contributed by atoms with Crippen molar-refractivity contribution >= 4 is 11.6 Å². The van der Waals surface area contributed by atoms with Gasteiger partial charge in [0.1, 0.15) is 5.75 Å². The molecular weight excluding hydrogens is 328 g/mol. The lowest BCUT2D eigenvalue weighted by atomic mass is 9.82. The number of hydrogen-bond acceptors (Lipinski definition) is 5. The van der Waals surface area contributed by atoms with E-state index in [1.54, 1.807) is 25.3 Å². The summed E-state index contributed by atoms with van der Waals surface area (Å²) in [7, 11) is 1.56. The molecule has 5 heteroatoms. The SMILES string of the molecule is COc1ccc2c(c1)C(=O)C(c1cccc(C)c1)(N1CCNCC1)C2=O. The van der Waals surface area contributed by atoms with Crippen LogP contribution in [0.3, 0.4) is 0 Å². The monoisotopic (exact) mass is 350 g/mol. The largest absolute Gasteiger partial charge is 0.497 e. The molecule has 0 saturated carbocycles. The molecule has 1 unspecified atom stereocenters. The quantitative estimate of drug-likeness (QED) is 0.860. The minimum absolute atomic E-state index is 0.132. The van der Waals surface area contributed by atoms with Crippen LogP contribution in [-0.4, -0.2) is 49.8 Å². The Balaban J connectivity index is 1.94. The Morgan fingerprint density at radius 2 is 1.73 bits per heavy atom. The lowest BCUT2D eigenvalue weighted by Crippen LogP contribution is -2.59. The molecule has 1 aliphatic carbocycles. The van der Waals surface area contributed by atoms with Crippen LogP contribution in [0.2, 0.25) is 0 Å². The number of carbonyl (C=O) groups excluding carboxylic acids is 2. The molecule has 0 aromatic heterocycles. The number of carbonyl (C=O) groups is 2. The predicted octanol–water partition coefficient (Wildman–Crippen LogP) is 2.18. The second-order valence-corrected chi connectivity index (χ2v) is 6.89. The lowest BCUT2D eigenvalue weighted by molar-refractivity contribution is 0.0443. The Morgan fingerprint density at radius 1 is 1.00 bits per heavy atom. The Morgan fingerprint density at radius 3 is 2.42 bits per heavy atom. The van der Waals surface area contributed by atoms with Crippen LogP contribution in [-0.2, 0) is 5.54 Å². The van der Waals surface area contributed by atoms with Gasteiger partial charge in [0.25, 0.3) is 0 Å². The molecule has 5 nitrogen and oxygen atoms in total. The van der Waals surface area contributed by atoms with Crippen molar-refractivity contribution in [2.45, 2.75) is 12.5 Å². The first-order chi connectivity index (χ1) is 12.6. The van der Waals surface area contributed by atoms with E-state index in [-0.39, 0.29) is 11.6 Å². The molecule has 134 valence electrons. The lowest BCUT2D eigenvalue weighted by Gasteiger charge is -2.41. The van der Waals surface area contributed by atoms with Gasteiger partial charge in [0.2, 0.25) is 0 Å². The van der Waals surface area contributed by atoms with E-state index in [1.807, 2.05) is 36.1 Å². The van der Waals surface area contributed by atoms with Gasteiger partial charge in [-0.1, -0.05) is 29.8 Å². The summed E-state index contributed by atoms with van der Waals surface area (Å²) >= 11 is 0. The summed E-state index contributed by atoms with van der Waals surface area (Å²) in [6.07, 6.45) is 0. The van der Waals surface area contributed by atoms with E-state index in [1.165, 1.54) is 0 Å². The van der Waals surface area contributed by atoms with Crippen LogP contribution in [0.5, 0.6) is 5.75 Å². The minimum Gasteiger partial charge on any atom is -0.497 e. The van der Waals surface area contributed by atoms with Gasteiger partial charge in [-0.2, -0.15) is 0 Å². The van der Waals surface area contributed by atoms with E-state index >= 15 is 0 Å². The molecule has 1 heterocycles. The first-order valence-corrected chi connectivity index (χ1v) is 8.89. The number of nitrogens with zero attached hydrogens (tertiary/aromatic N) is 1. The van der Waals surface area contributed by atoms with Gasteiger partial charge in [-0.25, -0.2) is 0 Å². The van der Waals surface area contributed by atoms with Crippen LogP contribution in [0, 0.1) is 6.92 Å². The second-order valence-electron chi connectivity index (χ2n) is 6.89. The smallest absolute Gasteiger partial charge is 0.196 e. The van der Waals surface area contributed by atoms with Crippen LogP contribution in [0.1, 0.15) is 31.8 Å². The molecule has 1 atom stereocenters. The zero-order valence-corrected chi connectivity index (χ0v) is 15.0. The number of rotatable bonds is 3. The van der Waals surface area contributed by atoms with Gasteiger partial charge in [-0.05, 0) is 30.7 Å². The second kappa shape index (κ2) is 6.34. The summed E-state index contributed by atoms with van der Waals surface area (Å²) in [5.74, 6) is 0.307. The first-order valence-electron chi connectivity index (χ1n) is 8.89. The number of piperazine rings is 1. The third kappa shape index (κ3) is 2.31. The highest BCUT2D eigenvalue weighted by molar-refractivity contribution is 6.33. The Hall–Kier alpha value is -2.50. The van der Waals surface area contributed by atoms with Crippen molar-refractivity contribution in [1.29, 1.82) is 0 Å². The van der Waals surface area contributed by atoms with Gasteiger partial charge in [-0.3, -0.25) is 14.5 Å².